The molecule has 7 heteroatoms. The predicted molar refractivity (Wildman–Crippen MR) is 96.5 cm³/mol. The van der Waals surface area contributed by atoms with Crippen LogP contribution < -0.4 is 5.32 Å². The molecule has 1 unspecified atom stereocenters. The molecule has 0 saturated carbocycles. The molecule has 130 valence electrons. The van der Waals surface area contributed by atoms with Crippen molar-refractivity contribution < 1.29 is 13.2 Å². The summed E-state index contributed by atoms with van der Waals surface area (Å²) in [7, 11) is -0.430. The van der Waals surface area contributed by atoms with Crippen molar-refractivity contribution in [3.8, 4) is 0 Å². The van der Waals surface area contributed by atoms with Gasteiger partial charge in [-0.1, -0.05) is 12.1 Å². The predicted octanol–water partition coefficient (Wildman–Crippen LogP) is 2.81. The summed E-state index contributed by atoms with van der Waals surface area (Å²) in [5, 5.41) is 6.99. The molecule has 1 atom stereocenters. The summed E-state index contributed by atoms with van der Waals surface area (Å²) in [6.07, 6.45) is 1.16. The molecule has 24 heavy (non-hydrogen) atoms. The van der Waals surface area contributed by atoms with Crippen molar-refractivity contribution in [2.75, 3.05) is 14.1 Å². The molecular formula is C17H22N2O3S2. The van der Waals surface area contributed by atoms with E-state index in [0.717, 1.165) is 12.0 Å². The average Bonchev–Trinajstić information content (AvgIpc) is 3.06. The molecule has 1 aromatic carbocycles. The molecule has 0 saturated heterocycles. The molecule has 1 amide bonds. The molecule has 0 bridgehead atoms. The summed E-state index contributed by atoms with van der Waals surface area (Å²) in [6.45, 7) is 1.89. The number of amides is 1. The Morgan fingerprint density at radius 1 is 1.21 bits per heavy atom. The van der Waals surface area contributed by atoms with E-state index in [9.17, 15) is 13.2 Å². The fourth-order valence-corrected chi connectivity index (χ4v) is 3.83. The lowest BCUT2D eigenvalue weighted by Crippen LogP contribution is -2.27. The van der Waals surface area contributed by atoms with Crippen LogP contribution in [0.25, 0.3) is 0 Å². The Balaban J connectivity index is 1.95. The summed E-state index contributed by atoms with van der Waals surface area (Å²) in [6, 6.07) is 8.46. The van der Waals surface area contributed by atoms with E-state index in [1.165, 1.54) is 24.0 Å². The van der Waals surface area contributed by atoms with Crippen LogP contribution in [0.1, 0.15) is 30.5 Å². The van der Waals surface area contributed by atoms with E-state index in [-0.39, 0.29) is 16.8 Å². The van der Waals surface area contributed by atoms with E-state index in [2.05, 4.69) is 5.32 Å². The Morgan fingerprint density at radius 3 is 2.42 bits per heavy atom. The van der Waals surface area contributed by atoms with Gasteiger partial charge in [-0.25, -0.2) is 12.7 Å². The van der Waals surface area contributed by atoms with Crippen LogP contribution in [-0.2, 0) is 21.2 Å². The number of aryl methyl sites for hydroxylation is 1. The first kappa shape index (κ1) is 18.6. The minimum absolute atomic E-state index is 0.0151. The minimum Gasteiger partial charge on any atom is -0.350 e. The zero-order valence-corrected chi connectivity index (χ0v) is 15.7. The lowest BCUT2D eigenvalue weighted by atomic mass is 10.1. The second kappa shape index (κ2) is 7.92. The number of sulfonamides is 1. The Kier molecular flexibility index (Phi) is 6.15. The molecule has 1 N–H and O–H groups in total. The molecular weight excluding hydrogens is 344 g/mol. The smallest absolute Gasteiger partial charge is 0.242 e. The molecule has 0 fully saturated rings. The van der Waals surface area contributed by atoms with Crippen LogP contribution >= 0.6 is 11.3 Å². The third-order valence-corrected chi connectivity index (χ3v) is 6.32. The van der Waals surface area contributed by atoms with Gasteiger partial charge in [0.15, 0.2) is 0 Å². The highest BCUT2D eigenvalue weighted by Gasteiger charge is 2.17. The number of benzene rings is 1. The van der Waals surface area contributed by atoms with Crippen LogP contribution in [0.3, 0.4) is 0 Å². The topological polar surface area (TPSA) is 66.5 Å². The quantitative estimate of drug-likeness (QED) is 0.819. The second-order valence-corrected chi connectivity index (χ2v) is 8.71. The number of carbonyl (C=O) groups is 1. The van der Waals surface area contributed by atoms with Gasteiger partial charge in [0, 0.05) is 20.5 Å². The Hall–Kier alpha value is -1.70. The minimum atomic E-state index is -3.43. The van der Waals surface area contributed by atoms with Crippen molar-refractivity contribution >= 4 is 27.3 Å². The van der Waals surface area contributed by atoms with Crippen molar-refractivity contribution in [2.45, 2.75) is 30.7 Å². The Labute approximate surface area is 147 Å². The number of nitrogens with one attached hydrogen (secondary N) is 1. The maximum absolute atomic E-state index is 12.0. The lowest BCUT2D eigenvalue weighted by Gasteiger charge is -2.16. The van der Waals surface area contributed by atoms with Crippen LogP contribution in [0.2, 0.25) is 0 Å². The molecule has 0 aliphatic heterocycles. The summed E-state index contributed by atoms with van der Waals surface area (Å²) in [5.41, 5.74) is 2.04. The number of hydrogen-bond acceptors (Lipinski definition) is 4. The highest BCUT2D eigenvalue weighted by Crippen LogP contribution is 2.18. The van der Waals surface area contributed by atoms with Crippen molar-refractivity contribution in [1.29, 1.82) is 0 Å². The molecule has 0 aliphatic carbocycles. The van der Waals surface area contributed by atoms with E-state index < -0.39 is 10.0 Å². The Bertz CT molecular complexity index is 767. The van der Waals surface area contributed by atoms with E-state index in [1.807, 2.05) is 23.8 Å². The summed E-state index contributed by atoms with van der Waals surface area (Å²) >= 11 is 1.62. The number of carbonyl (C=O) groups excluding carboxylic acids is 1. The second-order valence-electron chi connectivity index (χ2n) is 5.78. The zero-order valence-electron chi connectivity index (χ0n) is 14.0. The summed E-state index contributed by atoms with van der Waals surface area (Å²) < 4.78 is 25.3. The first-order chi connectivity index (χ1) is 11.3. The summed E-state index contributed by atoms with van der Waals surface area (Å²) in [5.74, 6) is -0.0151. The van der Waals surface area contributed by atoms with Gasteiger partial charge in [0.1, 0.15) is 0 Å². The highest BCUT2D eigenvalue weighted by molar-refractivity contribution is 7.89. The Morgan fingerprint density at radius 2 is 1.88 bits per heavy atom. The molecule has 0 spiro atoms. The van der Waals surface area contributed by atoms with Crippen LogP contribution in [0.4, 0.5) is 0 Å². The average molecular weight is 367 g/mol. The first-order valence-electron chi connectivity index (χ1n) is 7.63. The number of hydrogen-bond donors (Lipinski definition) is 1. The van der Waals surface area contributed by atoms with Crippen LogP contribution in [0, 0.1) is 0 Å². The fraction of sp³-hybridized carbons (Fsp3) is 0.353. The van der Waals surface area contributed by atoms with Gasteiger partial charge >= 0.3 is 0 Å². The number of nitrogens with zero attached hydrogens (tertiary/aromatic N) is 1. The monoisotopic (exact) mass is 366 g/mol. The van der Waals surface area contributed by atoms with Crippen LogP contribution in [-0.4, -0.2) is 32.7 Å². The maximum Gasteiger partial charge on any atom is 0.242 e. The van der Waals surface area contributed by atoms with Gasteiger partial charge in [-0.3, -0.25) is 4.79 Å². The van der Waals surface area contributed by atoms with Gasteiger partial charge in [0.25, 0.3) is 0 Å². The standard InChI is InChI=1S/C17H22N2O3S2/c1-13(18-17(20)9-4-14-10-11-23-12-14)15-5-7-16(8-6-15)24(21,22)19(2)3/h5-8,10-13H,4,9H2,1-3H3,(H,18,20). The normalized spacial score (nSPS) is 13.0. The molecule has 0 radical (unpaired) electrons. The SMILES string of the molecule is CC(NC(=O)CCc1ccsc1)c1ccc(S(=O)(=O)N(C)C)cc1. The molecule has 2 aromatic rings. The van der Waals surface area contributed by atoms with E-state index in [4.69, 9.17) is 0 Å². The number of thiophene rings is 1. The fourth-order valence-electron chi connectivity index (χ4n) is 2.23. The molecule has 2 rings (SSSR count). The molecule has 1 aromatic heterocycles. The van der Waals surface area contributed by atoms with Gasteiger partial charge in [0.05, 0.1) is 10.9 Å². The molecule has 1 heterocycles. The third kappa shape index (κ3) is 4.66. The van der Waals surface area contributed by atoms with Crippen molar-refractivity contribution in [2.24, 2.45) is 0 Å². The van der Waals surface area contributed by atoms with Gasteiger partial charge < -0.3 is 5.32 Å². The zero-order chi connectivity index (χ0) is 17.7. The number of rotatable bonds is 7. The van der Waals surface area contributed by atoms with Crippen LogP contribution in [0.15, 0.2) is 46.0 Å². The van der Waals surface area contributed by atoms with E-state index >= 15 is 0 Å². The summed E-state index contributed by atoms with van der Waals surface area (Å²) in [4.78, 5) is 12.3. The van der Waals surface area contributed by atoms with E-state index in [0.29, 0.717) is 6.42 Å². The first-order valence-corrected chi connectivity index (χ1v) is 10.0. The van der Waals surface area contributed by atoms with Gasteiger partial charge in [0.2, 0.25) is 15.9 Å². The largest absolute Gasteiger partial charge is 0.350 e. The van der Waals surface area contributed by atoms with E-state index in [1.54, 1.807) is 35.6 Å². The highest BCUT2D eigenvalue weighted by atomic mass is 32.2. The van der Waals surface area contributed by atoms with Crippen LogP contribution in [0.5, 0.6) is 0 Å². The maximum atomic E-state index is 12.0. The molecule has 0 aliphatic rings. The van der Waals surface area contributed by atoms with Gasteiger partial charge in [-0.05, 0) is 53.4 Å². The lowest BCUT2D eigenvalue weighted by molar-refractivity contribution is -0.121. The van der Waals surface area contributed by atoms with Gasteiger partial charge in [-0.15, -0.1) is 0 Å². The molecule has 5 nitrogen and oxygen atoms in total. The van der Waals surface area contributed by atoms with Crippen molar-refractivity contribution in [1.82, 2.24) is 9.62 Å². The van der Waals surface area contributed by atoms with Gasteiger partial charge in [-0.2, -0.15) is 11.3 Å². The third-order valence-electron chi connectivity index (χ3n) is 3.76. The van der Waals surface area contributed by atoms with Crippen molar-refractivity contribution in [3.63, 3.8) is 0 Å². The van der Waals surface area contributed by atoms with Crippen molar-refractivity contribution in [3.05, 3.63) is 52.2 Å².